The standard InChI is InChI=1S/C13H20N2/c1-13(2,3)11-6-7-14-12(10-11)15-8-4-5-9-15/h6-7,10H,4-5,8-9H2,1-3H3. The largest absolute Gasteiger partial charge is 0.357 e. The van der Waals surface area contributed by atoms with Gasteiger partial charge in [0.15, 0.2) is 0 Å². The van der Waals surface area contributed by atoms with Crippen LogP contribution in [0.15, 0.2) is 18.3 Å². The topological polar surface area (TPSA) is 16.1 Å². The highest BCUT2D eigenvalue weighted by Crippen LogP contribution is 2.26. The molecule has 0 unspecified atom stereocenters. The molecule has 2 heterocycles. The van der Waals surface area contributed by atoms with Crippen molar-refractivity contribution in [2.75, 3.05) is 18.0 Å². The maximum atomic E-state index is 4.46. The second-order valence-electron chi connectivity index (χ2n) is 5.35. The van der Waals surface area contributed by atoms with E-state index in [2.05, 4.69) is 42.8 Å². The van der Waals surface area contributed by atoms with Gasteiger partial charge in [0.1, 0.15) is 5.82 Å². The van der Waals surface area contributed by atoms with Gasteiger partial charge in [0.05, 0.1) is 0 Å². The lowest BCUT2D eigenvalue weighted by atomic mass is 9.88. The number of nitrogens with zero attached hydrogens (tertiary/aromatic N) is 2. The van der Waals surface area contributed by atoms with Crippen LogP contribution >= 0.6 is 0 Å². The van der Waals surface area contributed by atoms with Crippen molar-refractivity contribution >= 4 is 5.82 Å². The number of aromatic nitrogens is 1. The minimum Gasteiger partial charge on any atom is -0.357 e. The zero-order valence-electron chi connectivity index (χ0n) is 9.95. The number of hydrogen-bond acceptors (Lipinski definition) is 2. The molecule has 0 amide bonds. The number of hydrogen-bond donors (Lipinski definition) is 0. The number of pyridine rings is 1. The van der Waals surface area contributed by atoms with Crippen molar-refractivity contribution < 1.29 is 0 Å². The third-order valence-corrected chi connectivity index (χ3v) is 3.04. The molecular weight excluding hydrogens is 184 g/mol. The van der Waals surface area contributed by atoms with Gasteiger partial charge in [-0.3, -0.25) is 0 Å². The predicted molar refractivity (Wildman–Crippen MR) is 64.4 cm³/mol. The lowest BCUT2D eigenvalue weighted by Gasteiger charge is -2.22. The first-order chi connectivity index (χ1) is 7.07. The van der Waals surface area contributed by atoms with E-state index in [0.29, 0.717) is 0 Å². The van der Waals surface area contributed by atoms with Crippen LogP contribution in [-0.4, -0.2) is 18.1 Å². The molecule has 0 spiro atoms. The van der Waals surface area contributed by atoms with Crippen LogP contribution in [0.25, 0.3) is 0 Å². The summed E-state index contributed by atoms with van der Waals surface area (Å²) in [6, 6.07) is 4.37. The fourth-order valence-corrected chi connectivity index (χ4v) is 2.00. The molecule has 1 aromatic rings. The van der Waals surface area contributed by atoms with E-state index in [9.17, 15) is 0 Å². The second-order valence-corrected chi connectivity index (χ2v) is 5.35. The summed E-state index contributed by atoms with van der Waals surface area (Å²) in [7, 11) is 0. The molecule has 0 atom stereocenters. The molecule has 1 fully saturated rings. The van der Waals surface area contributed by atoms with Gasteiger partial charge in [0.2, 0.25) is 0 Å². The summed E-state index contributed by atoms with van der Waals surface area (Å²) >= 11 is 0. The maximum Gasteiger partial charge on any atom is 0.128 e. The summed E-state index contributed by atoms with van der Waals surface area (Å²) in [5.41, 5.74) is 1.59. The zero-order chi connectivity index (χ0) is 10.9. The Bertz CT molecular complexity index is 333. The van der Waals surface area contributed by atoms with Crippen molar-refractivity contribution in [3.63, 3.8) is 0 Å². The molecular formula is C13H20N2. The Balaban J connectivity index is 2.26. The van der Waals surface area contributed by atoms with Gasteiger partial charge in [0, 0.05) is 19.3 Å². The first-order valence-electron chi connectivity index (χ1n) is 5.79. The second kappa shape index (κ2) is 3.84. The Morgan fingerprint density at radius 2 is 1.87 bits per heavy atom. The Hall–Kier alpha value is -1.05. The normalized spacial score (nSPS) is 17.1. The molecule has 0 aromatic carbocycles. The zero-order valence-corrected chi connectivity index (χ0v) is 9.95. The van der Waals surface area contributed by atoms with Crippen molar-refractivity contribution in [1.29, 1.82) is 0 Å². The molecule has 2 nitrogen and oxygen atoms in total. The summed E-state index contributed by atoms with van der Waals surface area (Å²) in [5.74, 6) is 1.15. The fourth-order valence-electron chi connectivity index (χ4n) is 2.00. The monoisotopic (exact) mass is 204 g/mol. The highest BCUT2D eigenvalue weighted by Gasteiger charge is 2.17. The molecule has 1 aliphatic rings. The van der Waals surface area contributed by atoms with Crippen LogP contribution in [0.5, 0.6) is 0 Å². The molecule has 0 N–H and O–H groups in total. The predicted octanol–water partition coefficient (Wildman–Crippen LogP) is 2.98. The molecule has 0 radical (unpaired) electrons. The molecule has 0 bridgehead atoms. The molecule has 0 aliphatic carbocycles. The van der Waals surface area contributed by atoms with Crippen LogP contribution in [0.1, 0.15) is 39.2 Å². The summed E-state index contributed by atoms with van der Waals surface area (Å²) < 4.78 is 0. The number of anilines is 1. The molecule has 1 saturated heterocycles. The summed E-state index contributed by atoms with van der Waals surface area (Å²) in [5, 5.41) is 0. The third kappa shape index (κ3) is 2.31. The van der Waals surface area contributed by atoms with Gasteiger partial charge < -0.3 is 4.90 Å². The van der Waals surface area contributed by atoms with Crippen LogP contribution in [0.4, 0.5) is 5.82 Å². The van der Waals surface area contributed by atoms with Gasteiger partial charge in [-0.1, -0.05) is 20.8 Å². The highest BCUT2D eigenvalue weighted by molar-refractivity contribution is 5.43. The van der Waals surface area contributed by atoms with Gasteiger partial charge in [-0.05, 0) is 36.0 Å². The van der Waals surface area contributed by atoms with E-state index >= 15 is 0 Å². The highest BCUT2D eigenvalue weighted by atomic mass is 15.2. The smallest absolute Gasteiger partial charge is 0.128 e. The minimum atomic E-state index is 0.220. The maximum absolute atomic E-state index is 4.46. The average Bonchev–Trinajstić information content (AvgIpc) is 2.69. The Labute approximate surface area is 92.3 Å². The van der Waals surface area contributed by atoms with E-state index in [0.717, 1.165) is 5.82 Å². The lowest BCUT2D eigenvalue weighted by molar-refractivity contribution is 0.589. The Kier molecular flexibility index (Phi) is 2.68. The molecule has 0 saturated carbocycles. The van der Waals surface area contributed by atoms with E-state index in [-0.39, 0.29) is 5.41 Å². The molecule has 15 heavy (non-hydrogen) atoms. The van der Waals surface area contributed by atoms with Crippen LogP contribution in [0.3, 0.4) is 0 Å². The van der Waals surface area contributed by atoms with Gasteiger partial charge in [-0.15, -0.1) is 0 Å². The van der Waals surface area contributed by atoms with E-state index in [1.165, 1.54) is 31.5 Å². The van der Waals surface area contributed by atoms with Crippen molar-refractivity contribution in [2.45, 2.75) is 39.0 Å². The van der Waals surface area contributed by atoms with E-state index in [1.54, 1.807) is 0 Å². The van der Waals surface area contributed by atoms with Gasteiger partial charge in [0.25, 0.3) is 0 Å². The molecule has 2 heteroatoms. The van der Waals surface area contributed by atoms with Crippen LogP contribution in [0, 0.1) is 0 Å². The summed E-state index contributed by atoms with van der Waals surface area (Å²) in [6.45, 7) is 9.07. The van der Waals surface area contributed by atoms with Crippen LogP contribution in [0.2, 0.25) is 0 Å². The van der Waals surface area contributed by atoms with Crippen molar-refractivity contribution in [2.24, 2.45) is 0 Å². The minimum absolute atomic E-state index is 0.220. The molecule has 82 valence electrons. The molecule has 1 aromatic heterocycles. The van der Waals surface area contributed by atoms with Crippen molar-refractivity contribution in [3.05, 3.63) is 23.9 Å². The fraction of sp³-hybridized carbons (Fsp3) is 0.615. The van der Waals surface area contributed by atoms with Gasteiger partial charge in [-0.2, -0.15) is 0 Å². The van der Waals surface area contributed by atoms with Crippen LogP contribution in [-0.2, 0) is 5.41 Å². The van der Waals surface area contributed by atoms with Gasteiger partial charge >= 0.3 is 0 Å². The summed E-state index contributed by atoms with van der Waals surface area (Å²) in [4.78, 5) is 6.85. The van der Waals surface area contributed by atoms with Crippen LogP contribution < -0.4 is 4.90 Å². The van der Waals surface area contributed by atoms with E-state index < -0.39 is 0 Å². The average molecular weight is 204 g/mol. The van der Waals surface area contributed by atoms with Gasteiger partial charge in [-0.25, -0.2) is 4.98 Å². The summed E-state index contributed by atoms with van der Waals surface area (Å²) in [6.07, 6.45) is 4.55. The lowest BCUT2D eigenvalue weighted by Crippen LogP contribution is -2.20. The van der Waals surface area contributed by atoms with Crippen molar-refractivity contribution in [3.8, 4) is 0 Å². The quantitative estimate of drug-likeness (QED) is 0.699. The molecule has 1 aliphatic heterocycles. The Morgan fingerprint density at radius 3 is 2.47 bits per heavy atom. The third-order valence-electron chi connectivity index (χ3n) is 3.04. The first kappa shape index (κ1) is 10.5. The Morgan fingerprint density at radius 1 is 1.20 bits per heavy atom. The SMILES string of the molecule is CC(C)(C)c1ccnc(N2CCCC2)c1. The molecule has 2 rings (SSSR count). The first-order valence-corrected chi connectivity index (χ1v) is 5.79. The van der Waals surface area contributed by atoms with E-state index in [1.807, 2.05) is 6.20 Å². The van der Waals surface area contributed by atoms with E-state index in [4.69, 9.17) is 0 Å². The van der Waals surface area contributed by atoms with Crippen molar-refractivity contribution in [1.82, 2.24) is 4.98 Å². The number of rotatable bonds is 1.